The van der Waals surface area contributed by atoms with E-state index in [1.807, 2.05) is 0 Å². The first-order valence-corrected chi connectivity index (χ1v) is 5.17. The molecule has 0 saturated heterocycles. The minimum absolute atomic E-state index is 0.0781. The molecule has 0 radical (unpaired) electrons. The largest absolute Gasteiger partial charge is 0.370 e. The second kappa shape index (κ2) is 4.72. The van der Waals surface area contributed by atoms with Crippen molar-refractivity contribution in [2.75, 3.05) is 11.9 Å². The van der Waals surface area contributed by atoms with Crippen LogP contribution >= 0.6 is 0 Å². The van der Waals surface area contributed by atoms with Gasteiger partial charge in [-0.25, -0.2) is 4.98 Å². The van der Waals surface area contributed by atoms with E-state index in [1.54, 1.807) is 0 Å². The van der Waals surface area contributed by atoms with Gasteiger partial charge in [0.1, 0.15) is 5.69 Å². The molecule has 19 heavy (non-hydrogen) atoms. The molecule has 1 amide bonds. The highest BCUT2D eigenvalue weighted by atomic mass is 16.6. The molecule has 0 bridgehead atoms. The second-order valence-electron chi connectivity index (χ2n) is 3.70. The van der Waals surface area contributed by atoms with Crippen LogP contribution in [-0.4, -0.2) is 27.3 Å². The topological polar surface area (TPSA) is 144 Å². The number of fused-ring (bicyclic) bond motifs is 1. The number of amides is 1. The number of carbonyl (C=O) groups is 1. The number of nitro benzene ring substituents is 1. The molecule has 0 aliphatic carbocycles. The molecule has 0 aliphatic rings. The highest BCUT2D eigenvalue weighted by Gasteiger charge is 2.17. The van der Waals surface area contributed by atoms with Crippen LogP contribution in [0.3, 0.4) is 0 Å². The molecular weight excluding hydrogens is 254 g/mol. The second-order valence-corrected chi connectivity index (χ2v) is 3.70. The number of aromatic amines is 1. The van der Waals surface area contributed by atoms with E-state index in [0.29, 0.717) is 0 Å². The third kappa shape index (κ3) is 2.49. The van der Waals surface area contributed by atoms with Gasteiger partial charge in [-0.2, -0.15) is 0 Å². The number of nitrogens with zero attached hydrogens (tertiary/aromatic N) is 2. The Hall–Kier alpha value is -2.97. The Morgan fingerprint density at radius 2 is 2.26 bits per heavy atom. The first-order chi connectivity index (χ1) is 8.99. The van der Waals surface area contributed by atoms with Gasteiger partial charge in [0.05, 0.1) is 28.7 Å². The van der Waals surface area contributed by atoms with Gasteiger partial charge in [0.25, 0.3) is 11.2 Å². The summed E-state index contributed by atoms with van der Waals surface area (Å²) < 4.78 is 0. The van der Waals surface area contributed by atoms with E-state index in [1.165, 1.54) is 12.4 Å². The summed E-state index contributed by atoms with van der Waals surface area (Å²) in [5.74, 6) is -0.659. The van der Waals surface area contributed by atoms with Crippen LogP contribution in [0.2, 0.25) is 0 Å². The van der Waals surface area contributed by atoms with Crippen LogP contribution in [0.4, 0.5) is 11.4 Å². The number of aromatic nitrogens is 2. The molecular formula is C10H9N5O4. The summed E-state index contributed by atoms with van der Waals surface area (Å²) >= 11 is 0. The molecule has 0 atom stereocenters. The quantitative estimate of drug-likeness (QED) is 0.511. The van der Waals surface area contributed by atoms with E-state index < -0.39 is 16.4 Å². The van der Waals surface area contributed by atoms with E-state index in [9.17, 15) is 19.7 Å². The van der Waals surface area contributed by atoms with Crippen molar-refractivity contribution >= 4 is 28.2 Å². The summed E-state index contributed by atoms with van der Waals surface area (Å²) in [6, 6.07) is 2.43. The maximum atomic E-state index is 11.5. The molecule has 1 aromatic carbocycles. The number of rotatable bonds is 4. The number of nitrogens with one attached hydrogen (secondary N) is 2. The van der Waals surface area contributed by atoms with Gasteiger partial charge in [0.15, 0.2) is 0 Å². The van der Waals surface area contributed by atoms with Crippen LogP contribution in [0.15, 0.2) is 23.3 Å². The van der Waals surface area contributed by atoms with E-state index in [4.69, 9.17) is 5.73 Å². The Balaban J connectivity index is 2.61. The summed E-state index contributed by atoms with van der Waals surface area (Å²) in [4.78, 5) is 38.7. The van der Waals surface area contributed by atoms with Crippen LogP contribution in [0.5, 0.6) is 0 Å². The van der Waals surface area contributed by atoms with E-state index >= 15 is 0 Å². The fourth-order valence-electron chi connectivity index (χ4n) is 1.58. The predicted octanol–water partition coefficient (Wildman–Crippen LogP) is -0.272. The lowest BCUT2D eigenvalue weighted by atomic mass is 10.2. The molecule has 0 saturated carbocycles. The Kier molecular flexibility index (Phi) is 3.10. The number of hydrogen-bond acceptors (Lipinski definition) is 6. The van der Waals surface area contributed by atoms with Gasteiger partial charge in [0.2, 0.25) is 5.91 Å². The number of hydrogen-bond donors (Lipinski definition) is 3. The number of primary amides is 1. The van der Waals surface area contributed by atoms with Gasteiger partial charge in [-0.3, -0.25) is 19.7 Å². The lowest BCUT2D eigenvalue weighted by Crippen LogP contribution is -2.22. The first-order valence-electron chi connectivity index (χ1n) is 5.17. The summed E-state index contributed by atoms with van der Waals surface area (Å²) in [5, 5.41) is 13.6. The molecule has 98 valence electrons. The van der Waals surface area contributed by atoms with Crippen LogP contribution in [-0.2, 0) is 4.79 Å². The smallest absolute Gasteiger partial charge is 0.293 e. The summed E-state index contributed by atoms with van der Waals surface area (Å²) in [6.07, 6.45) is 1.19. The molecule has 1 aromatic heterocycles. The highest BCUT2D eigenvalue weighted by molar-refractivity contribution is 5.88. The first kappa shape index (κ1) is 12.5. The highest BCUT2D eigenvalue weighted by Crippen LogP contribution is 2.27. The molecule has 9 heteroatoms. The number of nitrogens with two attached hydrogens (primary N) is 1. The average molecular weight is 263 g/mol. The molecule has 0 unspecified atom stereocenters. The van der Waals surface area contributed by atoms with E-state index in [2.05, 4.69) is 15.3 Å². The monoisotopic (exact) mass is 263 g/mol. The Labute approximate surface area is 105 Å². The molecule has 4 N–H and O–H groups in total. The lowest BCUT2D eigenvalue weighted by molar-refractivity contribution is -0.383. The lowest BCUT2D eigenvalue weighted by Gasteiger charge is -2.06. The summed E-state index contributed by atoms with van der Waals surface area (Å²) in [5.41, 5.74) is 4.51. The summed E-state index contributed by atoms with van der Waals surface area (Å²) in [6.45, 7) is -0.254. The van der Waals surface area contributed by atoms with Crippen molar-refractivity contribution in [3.8, 4) is 0 Å². The minimum atomic E-state index is -0.659. The Bertz CT molecular complexity index is 723. The minimum Gasteiger partial charge on any atom is -0.370 e. The molecule has 0 spiro atoms. The molecule has 2 aromatic rings. The SMILES string of the molecule is NC(=O)CNc1cc2nc[nH]c(=O)c2cc1[N+](=O)[O-]. The van der Waals surface area contributed by atoms with Crippen LogP contribution < -0.4 is 16.6 Å². The van der Waals surface area contributed by atoms with Crippen molar-refractivity contribution in [1.82, 2.24) is 9.97 Å². The van der Waals surface area contributed by atoms with Crippen molar-refractivity contribution in [2.45, 2.75) is 0 Å². The van der Waals surface area contributed by atoms with Crippen LogP contribution in [0.1, 0.15) is 0 Å². The van der Waals surface area contributed by atoms with Crippen molar-refractivity contribution in [3.05, 3.63) is 38.9 Å². The maximum Gasteiger partial charge on any atom is 0.293 e. The number of nitro groups is 1. The predicted molar refractivity (Wildman–Crippen MR) is 66.7 cm³/mol. The summed E-state index contributed by atoms with van der Waals surface area (Å²) in [7, 11) is 0. The third-order valence-corrected chi connectivity index (χ3v) is 2.41. The van der Waals surface area contributed by atoms with Crippen molar-refractivity contribution in [1.29, 1.82) is 0 Å². The molecule has 1 heterocycles. The van der Waals surface area contributed by atoms with Gasteiger partial charge in [-0.05, 0) is 6.07 Å². The van der Waals surface area contributed by atoms with Gasteiger partial charge in [-0.15, -0.1) is 0 Å². The van der Waals surface area contributed by atoms with Crippen molar-refractivity contribution < 1.29 is 9.72 Å². The average Bonchev–Trinajstić information content (AvgIpc) is 2.35. The normalized spacial score (nSPS) is 10.3. The third-order valence-electron chi connectivity index (χ3n) is 2.41. The number of carbonyl (C=O) groups excluding carboxylic acids is 1. The van der Waals surface area contributed by atoms with Gasteiger partial charge in [-0.1, -0.05) is 0 Å². The fourth-order valence-corrected chi connectivity index (χ4v) is 1.58. The zero-order valence-corrected chi connectivity index (χ0v) is 9.54. The van der Waals surface area contributed by atoms with Gasteiger partial charge in [0, 0.05) is 6.07 Å². The molecule has 0 aliphatic heterocycles. The number of benzene rings is 1. The molecule has 2 rings (SSSR count). The molecule has 9 nitrogen and oxygen atoms in total. The van der Waals surface area contributed by atoms with Gasteiger partial charge >= 0.3 is 0 Å². The molecule has 0 fully saturated rings. The van der Waals surface area contributed by atoms with Crippen molar-refractivity contribution in [2.24, 2.45) is 5.73 Å². The zero-order valence-electron chi connectivity index (χ0n) is 9.54. The zero-order chi connectivity index (χ0) is 14.0. The van der Waals surface area contributed by atoms with E-state index in [-0.39, 0.29) is 28.8 Å². The Morgan fingerprint density at radius 1 is 1.53 bits per heavy atom. The number of H-pyrrole nitrogens is 1. The standard InChI is InChI=1S/C10H9N5O4/c11-9(16)3-12-7-2-6-5(1-8(7)15(18)19)10(17)14-4-13-6/h1-2,4,12H,3H2,(H2,11,16)(H,13,14,17). The van der Waals surface area contributed by atoms with Crippen LogP contribution in [0.25, 0.3) is 10.9 Å². The number of anilines is 1. The van der Waals surface area contributed by atoms with Crippen molar-refractivity contribution in [3.63, 3.8) is 0 Å². The van der Waals surface area contributed by atoms with Crippen LogP contribution in [0, 0.1) is 10.1 Å². The van der Waals surface area contributed by atoms with E-state index in [0.717, 1.165) is 6.07 Å². The fraction of sp³-hybridized carbons (Fsp3) is 0.100. The Morgan fingerprint density at radius 3 is 2.89 bits per heavy atom. The maximum absolute atomic E-state index is 11.5. The van der Waals surface area contributed by atoms with Gasteiger partial charge < -0.3 is 16.0 Å².